The molecule has 5 nitrogen and oxygen atoms in total. The van der Waals surface area contributed by atoms with Gasteiger partial charge in [-0.2, -0.15) is 0 Å². The van der Waals surface area contributed by atoms with Gasteiger partial charge in [0.1, 0.15) is 0 Å². The van der Waals surface area contributed by atoms with Gasteiger partial charge >= 0.3 is 0 Å². The molecule has 0 heterocycles. The third-order valence-electron chi connectivity index (χ3n) is 3.19. The van der Waals surface area contributed by atoms with Crippen LogP contribution in [0.15, 0.2) is 24.3 Å². The molecule has 0 fully saturated rings. The topological polar surface area (TPSA) is 78.6 Å². The molecule has 1 aromatic rings. The number of nitrogens with two attached hydrogens (primary N) is 1. The second kappa shape index (κ2) is 8.55. The first-order chi connectivity index (χ1) is 9.62. The maximum absolute atomic E-state index is 11.2. The fourth-order valence-corrected chi connectivity index (χ4v) is 2.18. The Balaban J connectivity index is 2.69. The Hall–Kier alpha value is -1.59. The minimum absolute atomic E-state index is 0.411. The number of nitrogens with zero attached hydrogens (tertiary/aromatic N) is 1. The molecule has 0 saturated heterocycles. The second-order valence-corrected chi connectivity index (χ2v) is 4.94. The van der Waals surface area contributed by atoms with Crippen LogP contribution >= 0.6 is 0 Å². The van der Waals surface area contributed by atoms with E-state index in [9.17, 15) is 4.79 Å². The average Bonchev–Trinajstić information content (AvgIpc) is 2.47. The summed E-state index contributed by atoms with van der Waals surface area (Å²) in [5.74, 6) is -0.562. The Bertz CT molecular complexity index is 400. The van der Waals surface area contributed by atoms with E-state index in [0.717, 1.165) is 31.5 Å². The molecule has 1 aromatic carbocycles. The standard InChI is InChI=1S/C15H25N3O2/c1-3-9-18(10-4-2)13-7-5-12(6-8-13)11-14(16)15(19)17-20/h5-8,14,20H,3-4,9-11,16H2,1-2H3,(H,17,19)/t14-/m0/s1. The molecule has 1 atom stereocenters. The molecule has 0 radical (unpaired) electrons. The van der Waals surface area contributed by atoms with Crippen LogP contribution in [-0.4, -0.2) is 30.2 Å². The van der Waals surface area contributed by atoms with Crippen molar-refractivity contribution in [2.45, 2.75) is 39.2 Å². The lowest BCUT2D eigenvalue weighted by atomic mass is 10.1. The van der Waals surface area contributed by atoms with Crippen LogP contribution in [0.5, 0.6) is 0 Å². The number of hydrogen-bond donors (Lipinski definition) is 3. The molecule has 1 amide bonds. The zero-order valence-electron chi connectivity index (χ0n) is 12.3. The molecule has 0 saturated carbocycles. The fraction of sp³-hybridized carbons (Fsp3) is 0.533. The van der Waals surface area contributed by atoms with E-state index >= 15 is 0 Å². The molecule has 1 rings (SSSR count). The Morgan fingerprint density at radius 2 is 1.80 bits per heavy atom. The maximum Gasteiger partial charge on any atom is 0.260 e. The highest BCUT2D eigenvalue weighted by Gasteiger charge is 2.13. The van der Waals surface area contributed by atoms with Gasteiger partial charge in [-0.3, -0.25) is 10.0 Å². The van der Waals surface area contributed by atoms with E-state index in [1.54, 1.807) is 5.48 Å². The number of rotatable bonds is 8. The van der Waals surface area contributed by atoms with Gasteiger partial charge in [0, 0.05) is 18.8 Å². The molecule has 20 heavy (non-hydrogen) atoms. The van der Waals surface area contributed by atoms with Crippen molar-refractivity contribution in [2.75, 3.05) is 18.0 Å². The van der Waals surface area contributed by atoms with E-state index in [-0.39, 0.29) is 0 Å². The minimum Gasteiger partial charge on any atom is -0.372 e. The van der Waals surface area contributed by atoms with Gasteiger partial charge in [-0.15, -0.1) is 0 Å². The number of hydrogen-bond acceptors (Lipinski definition) is 4. The van der Waals surface area contributed by atoms with Crippen LogP contribution in [0, 0.1) is 0 Å². The van der Waals surface area contributed by atoms with Gasteiger partial charge < -0.3 is 10.6 Å². The lowest BCUT2D eigenvalue weighted by molar-refractivity contribution is -0.130. The van der Waals surface area contributed by atoms with Gasteiger partial charge in [0.15, 0.2) is 0 Å². The summed E-state index contributed by atoms with van der Waals surface area (Å²) in [6.45, 7) is 6.42. The largest absolute Gasteiger partial charge is 0.372 e. The summed E-state index contributed by atoms with van der Waals surface area (Å²) in [6.07, 6.45) is 2.64. The summed E-state index contributed by atoms with van der Waals surface area (Å²) in [4.78, 5) is 13.5. The normalized spacial score (nSPS) is 12.0. The third kappa shape index (κ3) is 4.83. The summed E-state index contributed by atoms with van der Waals surface area (Å²) >= 11 is 0. The van der Waals surface area contributed by atoms with E-state index in [1.807, 2.05) is 12.1 Å². The fourth-order valence-electron chi connectivity index (χ4n) is 2.18. The zero-order chi connectivity index (χ0) is 15.0. The van der Waals surface area contributed by atoms with E-state index in [4.69, 9.17) is 10.9 Å². The minimum atomic E-state index is -0.728. The zero-order valence-corrected chi connectivity index (χ0v) is 12.3. The van der Waals surface area contributed by atoms with Crippen molar-refractivity contribution in [3.05, 3.63) is 29.8 Å². The molecule has 5 heteroatoms. The molecule has 0 aliphatic rings. The first kappa shape index (κ1) is 16.5. The summed E-state index contributed by atoms with van der Waals surface area (Å²) in [7, 11) is 0. The Morgan fingerprint density at radius 1 is 1.25 bits per heavy atom. The second-order valence-electron chi connectivity index (χ2n) is 4.94. The lowest BCUT2D eigenvalue weighted by Crippen LogP contribution is -2.40. The number of benzene rings is 1. The Labute approximate surface area is 120 Å². The summed E-state index contributed by atoms with van der Waals surface area (Å²) in [6, 6.07) is 7.36. The predicted octanol–water partition coefficient (Wildman–Crippen LogP) is 1.69. The van der Waals surface area contributed by atoms with Gasteiger partial charge in [0.2, 0.25) is 0 Å². The highest BCUT2D eigenvalue weighted by Crippen LogP contribution is 2.17. The van der Waals surface area contributed by atoms with Crippen molar-refractivity contribution in [1.29, 1.82) is 0 Å². The monoisotopic (exact) mass is 279 g/mol. The van der Waals surface area contributed by atoms with Gasteiger partial charge in [0.05, 0.1) is 6.04 Å². The molecule has 4 N–H and O–H groups in total. The molecule has 0 spiro atoms. The number of amides is 1. The van der Waals surface area contributed by atoms with Crippen molar-refractivity contribution in [3.63, 3.8) is 0 Å². The quantitative estimate of drug-likeness (QED) is 0.500. The third-order valence-corrected chi connectivity index (χ3v) is 3.19. The molecule has 112 valence electrons. The van der Waals surface area contributed by atoms with Crippen molar-refractivity contribution in [2.24, 2.45) is 5.73 Å². The lowest BCUT2D eigenvalue weighted by Gasteiger charge is -2.24. The van der Waals surface area contributed by atoms with Crippen LogP contribution in [0.3, 0.4) is 0 Å². The highest BCUT2D eigenvalue weighted by atomic mass is 16.5. The van der Waals surface area contributed by atoms with E-state index in [2.05, 4.69) is 30.9 Å². The maximum atomic E-state index is 11.2. The van der Waals surface area contributed by atoms with Gasteiger partial charge in [0.25, 0.3) is 5.91 Å². The molecule has 0 aromatic heterocycles. The molecule has 0 bridgehead atoms. The van der Waals surface area contributed by atoms with E-state index in [1.165, 1.54) is 5.69 Å². The van der Waals surface area contributed by atoms with Crippen molar-refractivity contribution in [3.8, 4) is 0 Å². The van der Waals surface area contributed by atoms with Crippen LogP contribution in [0.2, 0.25) is 0 Å². The van der Waals surface area contributed by atoms with Gasteiger partial charge in [-0.05, 0) is 37.0 Å². The molecule has 0 aliphatic carbocycles. The number of carbonyl (C=O) groups is 1. The summed E-state index contributed by atoms with van der Waals surface area (Å²) in [5.41, 5.74) is 9.42. The number of nitrogens with one attached hydrogen (secondary N) is 1. The molecular formula is C15H25N3O2. The molecule has 0 unspecified atom stereocenters. The molecular weight excluding hydrogens is 254 g/mol. The first-order valence-electron chi connectivity index (χ1n) is 7.15. The summed E-state index contributed by atoms with van der Waals surface area (Å²) in [5, 5.41) is 8.53. The smallest absolute Gasteiger partial charge is 0.260 e. The van der Waals surface area contributed by atoms with E-state index in [0.29, 0.717) is 6.42 Å². The predicted molar refractivity (Wildman–Crippen MR) is 80.8 cm³/mol. The van der Waals surface area contributed by atoms with Crippen LogP contribution in [0.4, 0.5) is 5.69 Å². The van der Waals surface area contributed by atoms with E-state index < -0.39 is 11.9 Å². The van der Waals surface area contributed by atoms with Crippen LogP contribution < -0.4 is 16.1 Å². The van der Waals surface area contributed by atoms with Crippen LogP contribution in [0.25, 0.3) is 0 Å². The van der Waals surface area contributed by atoms with Crippen molar-refractivity contribution < 1.29 is 10.0 Å². The van der Waals surface area contributed by atoms with Gasteiger partial charge in [-0.1, -0.05) is 26.0 Å². The molecule has 0 aliphatic heterocycles. The number of carbonyl (C=O) groups excluding carboxylic acids is 1. The Kier molecular flexibility index (Phi) is 7.04. The van der Waals surface area contributed by atoms with Crippen LogP contribution in [-0.2, 0) is 11.2 Å². The van der Waals surface area contributed by atoms with Crippen LogP contribution in [0.1, 0.15) is 32.3 Å². The van der Waals surface area contributed by atoms with Gasteiger partial charge in [-0.25, -0.2) is 5.48 Å². The SMILES string of the molecule is CCCN(CCC)c1ccc(C[C@H](N)C(=O)NO)cc1. The average molecular weight is 279 g/mol. The first-order valence-corrected chi connectivity index (χ1v) is 7.15. The Morgan fingerprint density at radius 3 is 2.25 bits per heavy atom. The number of hydroxylamine groups is 1. The summed E-state index contributed by atoms with van der Waals surface area (Å²) < 4.78 is 0. The number of anilines is 1. The van der Waals surface area contributed by atoms with Crippen molar-refractivity contribution in [1.82, 2.24) is 5.48 Å². The highest BCUT2D eigenvalue weighted by molar-refractivity contribution is 5.80. The van der Waals surface area contributed by atoms with Crippen molar-refractivity contribution >= 4 is 11.6 Å².